The molecule has 0 spiro atoms. The third kappa shape index (κ3) is 5.30. The number of halogens is 1. The summed E-state index contributed by atoms with van der Waals surface area (Å²) in [6, 6.07) is 16.7. The number of hydrogen-bond acceptors (Lipinski definition) is 4. The minimum atomic E-state index is -0.676. The largest absolute Gasteiger partial charge is 0.350 e. The van der Waals surface area contributed by atoms with Gasteiger partial charge in [-0.2, -0.15) is 0 Å². The van der Waals surface area contributed by atoms with Crippen LogP contribution in [-0.2, 0) is 16.8 Å². The molecule has 1 aromatic heterocycles. The zero-order valence-corrected chi connectivity index (χ0v) is 20.3. The first kappa shape index (κ1) is 24.0. The molecule has 1 saturated heterocycles. The van der Waals surface area contributed by atoms with Crippen molar-refractivity contribution in [3.63, 3.8) is 0 Å². The van der Waals surface area contributed by atoms with E-state index in [0.29, 0.717) is 23.4 Å². The van der Waals surface area contributed by atoms with E-state index in [1.165, 1.54) is 23.9 Å². The van der Waals surface area contributed by atoms with E-state index in [2.05, 4.69) is 31.1 Å². The summed E-state index contributed by atoms with van der Waals surface area (Å²) in [6.45, 7) is 6.66. The van der Waals surface area contributed by atoms with Crippen LogP contribution in [0.5, 0.6) is 0 Å². The van der Waals surface area contributed by atoms with E-state index in [-0.39, 0.29) is 23.0 Å². The lowest BCUT2D eigenvalue weighted by molar-refractivity contribution is -0.125. The van der Waals surface area contributed by atoms with Crippen LogP contribution < -0.4 is 5.32 Å². The van der Waals surface area contributed by atoms with Gasteiger partial charge >= 0.3 is 0 Å². The lowest BCUT2D eigenvalue weighted by atomic mass is 9.86. The number of carbonyl (C=O) groups is 2. The fourth-order valence-electron chi connectivity index (χ4n) is 3.94. The van der Waals surface area contributed by atoms with Crippen LogP contribution >= 0.6 is 11.8 Å². The summed E-state index contributed by atoms with van der Waals surface area (Å²) in [5.41, 5.74) is 3.12. The SMILES string of the molecule is CC(C)(C)c1ccc(C(=O)N2C(C(=O)NCc3cccnc3)CSC2c2cccc(F)c2)cc1. The van der Waals surface area contributed by atoms with Crippen LogP contribution in [0.15, 0.2) is 73.1 Å². The van der Waals surface area contributed by atoms with Gasteiger partial charge in [0.15, 0.2) is 0 Å². The molecule has 34 heavy (non-hydrogen) atoms. The molecular weight excluding hydrogens is 449 g/mol. The smallest absolute Gasteiger partial charge is 0.255 e. The quantitative estimate of drug-likeness (QED) is 0.556. The minimum Gasteiger partial charge on any atom is -0.350 e. The Morgan fingerprint density at radius 3 is 2.53 bits per heavy atom. The molecule has 1 aliphatic rings. The van der Waals surface area contributed by atoms with E-state index < -0.39 is 11.4 Å². The van der Waals surface area contributed by atoms with Crippen LogP contribution in [0.2, 0.25) is 0 Å². The van der Waals surface area contributed by atoms with Gasteiger partial charge < -0.3 is 10.2 Å². The predicted molar refractivity (Wildman–Crippen MR) is 133 cm³/mol. The van der Waals surface area contributed by atoms with E-state index in [1.807, 2.05) is 24.3 Å². The molecule has 1 N–H and O–H groups in total. The molecule has 0 saturated carbocycles. The van der Waals surface area contributed by atoms with E-state index in [4.69, 9.17) is 0 Å². The van der Waals surface area contributed by atoms with Crippen molar-refractivity contribution in [2.75, 3.05) is 5.75 Å². The first-order chi connectivity index (χ1) is 16.2. The Balaban J connectivity index is 1.61. The van der Waals surface area contributed by atoms with E-state index >= 15 is 0 Å². The normalized spacial score (nSPS) is 18.1. The molecule has 2 atom stereocenters. The Morgan fingerprint density at radius 2 is 1.88 bits per heavy atom. The van der Waals surface area contributed by atoms with Gasteiger partial charge in [0, 0.05) is 30.3 Å². The highest BCUT2D eigenvalue weighted by atomic mass is 32.2. The summed E-state index contributed by atoms with van der Waals surface area (Å²) in [5.74, 6) is -0.438. The number of carbonyl (C=O) groups excluding carboxylic acids is 2. The van der Waals surface area contributed by atoms with Crippen molar-refractivity contribution < 1.29 is 14.0 Å². The second-order valence-corrected chi connectivity index (χ2v) is 10.5. The van der Waals surface area contributed by atoms with Gasteiger partial charge in [0.1, 0.15) is 17.2 Å². The highest BCUT2D eigenvalue weighted by Crippen LogP contribution is 2.42. The van der Waals surface area contributed by atoms with Crippen LogP contribution in [0.3, 0.4) is 0 Å². The number of pyridine rings is 1. The highest BCUT2D eigenvalue weighted by Gasteiger charge is 2.42. The van der Waals surface area contributed by atoms with Gasteiger partial charge in [0.2, 0.25) is 5.91 Å². The fraction of sp³-hybridized carbons (Fsp3) is 0.296. The molecule has 7 heteroatoms. The molecule has 1 fully saturated rings. The third-order valence-electron chi connectivity index (χ3n) is 5.86. The lowest BCUT2D eigenvalue weighted by Gasteiger charge is -2.29. The van der Waals surface area contributed by atoms with Crippen LogP contribution in [-0.4, -0.2) is 33.5 Å². The predicted octanol–water partition coefficient (Wildman–Crippen LogP) is 5.09. The van der Waals surface area contributed by atoms with Gasteiger partial charge in [-0.25, -0.2) is 4.39 Å². The van der Waals surface area contributed by atoms with Crippen LogP contribution in [0.1, 0.15) is 53.2 Å². The monoisotopic (exact) mass is 477 g/mol. The average molecular weight is 478 g/mol. The van der Waals surface area contributed by atoms with Crippen molar-refractivity contribution in [1.82, 2.24) is 15.2 Å². The molecule has 2 unspecified atom stereocenters. The second kappa shape index (κ2) is 9.97. The van der Waals surface area contributed by atoms with Gasteiger partial charge in [-0.3, -0.25) is 14.6 Å². The molecule has 0 radical (unpaired) electrons. The Hall–Kier alpha value is -3.19. The molecule has 4 rings (SSSR count). The van der Waals surface area contributed by atoms with Crippen LogP contribution in [0, 0.1) is 5.82 Å². The second-order valence-electron chi connectivity index (χ2n) is 9.38. The Bertz CT molecular complexity index is 1160. The summed E-state index contributed by atoms with van der Waals surface area (Å²) >= 11 is 1.47. The van der Waals surface area contributed by atoms with Crippen molar-refractivity contribution in [2.45, 2.75) is 44.1 Å². The van der Waals surface area contributed by atoms with Gasteiger partial charge in [-0.1, -0.05) is 51.1 Å². The third-order valence-corrected chi connectivity index (χ3v) is 7.18. The van der Waals surface area contributed by atoms with E-state index in [1.54, 1.807) is 41.6 Å². The maximum Gasteiger partial charge on any atom is 0.255 e. The van der Waals surface area contributed by atoms with Gasteiger partial charge in [-0.05, 0) is 52.4 Å². The lowest BCUT2D eigenvalue weighted by Crippen LogP contribution is -2.47. The molecule has 3 aromatic rings. The molecular formula is C27H28FN3O2S. The molecule has 1 aliphatic heterocycles. The molecule has 176 valence electrons. The fourth-order valence-corrected chi connectivity index (χ4v) is 5.36. The maximum atomic E-state index is 14.0. The standard InChI is InChI=1S/C27H28FN3O2S/c1-27(2,3)21-11-9-19(10-12-21)25(33)31-23(24(32)30-16-18-6-5-13-29-15-18)17-34-26(31)20-7-4-8-22(28)14-20/h4-15,23,26H,16-17H2,1-3H3,(H,30,32). The minimum absolute atomic E-state index is 0.0378. The molecule has 0 bridgehead atoms. The van der Waals surface area contributed by atoms with Crippen molar-refractivity contribution in [2.24, 2.45) is 0 Å². The molecule has 2 heterocycles. The Morgan fingerprint density at radius 1 is 1.12 bits per heavy atom. The van der Waals surface area contributed by atoms with Crippen molar-refractivity contribution >= 4 is 23.6 Å². The summed E-state index contributed by atoms with van der Waals surface area (Å²) in [6.07, 6.45) is 3.37. The number of hydrogen-bond donors (Lipinski definition) is 1. The van der Waals surface area contributed by atoms with Crippen LogP contribution in [0.4, 0.5) is 4.39 Å². The maximum absolute atomic E-state index is 14.0. The Kier molecular flexibility index (Phi) is 7.03. The zero-order valence-electron chi connectivity index (χ0n) is 19.5. The van der Waals surface area contributed by atoms with Crippen molar-refractivity contribution in [3.05, 3.63) is 101 Å². The summed E-state index contributed by atoms with van der Waals surface area (Å²) in [4.78, 5) is 32.5. The number of nitrogens with one attached hydrogen (secondary N) is 1. The highest BCUT2D eigenvalue weighted by molar-refractivity contribution is 7.99. The first-order valence-electron chi connectivity index (χ1n) is 11.2. The molecule has 2 amide bonds. The number of benzene rings is 2. The summed E-state index contributed by atoms with van der Waals surface area (Å²) in [7, 11) is 0. The van der Waals surface area contributed by atoms with Gasteiger partial charge in [-0.15, -0.1) is 11.8 Å². The zero-order chi connectivity index (χ0) is 24.3. The number of amides is 2. The number of rotatable bonds is 5. The summed E-state index contributed by atoms with van der Waals surface area (Å²) < 4.78 is 14.0. The van der Waals surface area contributed by atoms with E-state index in [9.17, 15) is 14.0 Å². The first-order valence-corrected chi connectivity index (χ1v) is 12.3. The van der Waals surface area contributed by atoms with E-state index in [0.717, 1.165) is 11.1 Å². The molecule has 2 aromatic carbocycles. The van der Waals surface area contributed by atoms with Crippen molar-refractivity contribution in [3.8, 4) is 0 Å². The molecule has 5 nitrogen and oxygen atoms in total. The number of aromatic nitrogens is 1. The van der Waals surface area contributed by atoms with Gasteiger partial charge in [0.25, 0.3) is 5.91 Å². The molecule has 0 aliphatic carbocycles. The van der Waals surface area contributed by atoms with Crippen LogP contribution in [0.25, 0.3) is 0 Å². The topological polar surface area (TPSA) is 62.3 Å². The number of thioether (sulfide) groups is 1. The average Bonchev–Trinajstić information content (AvgIpc) is 3.27. The number of nitrogens with zero attached hydrogens (tertiary/aromatic N) is 2. The summed E-state index contributed by atoms with van der Waals surface area (Å²) in [5, 5.41) is 2.47. The van der Waals surface area contributed by atoms with Gasteiger partial charge in [0.05, 0.1) is 0 Å². The Labute approximate surface area is 203 Å². The van der Waals surface area contributed by atoms with Crippen molar-refractivity contribution in [1.29, 1.82) is 0 Å².